The number of halogens is 3. The molecular weight excluding hydrogens is 397 g/mol. The third kappa shape index (κ3) is 4.18. The van der Waals surface area contributed by atoms with Crippen LogP contribution in [0.1, 0.15) is 49.0 Å². The molecule has 2 N–H and O–H groups in total. The average molecular weight is 420 g/mol. The first-order chi connectivity index (χ1) is 14.2. The molecule has 2 unspecified atom stereocenters. The van der Waals surface area contributed by atoms with Crippen LogP contribution >= 0.6 is 0 Å². The van der Waals surface area contributed by atoms with Gasteiger partial charge in [-0.1, -0.05) is 62.2 Å². The van der Waals surface area contributed by atoms with Gasteiger partial charge in [0.2, 0.25) is 0 Å². The highest BCUT2D eigenvalue weighted by Crippen LogP contribution is 2.35. The Kier molecular flexibility index (Phi) is 6.17. The molecule has 0 spiro atoms. The van der Waals surface area contributed by atoms with Crippen LogP contribution in [0.2, 0.25) is 0 Å². The van der Waals surface area contributed by atoms with Gasteiger partial charge in [-0.3, -0.25) is 9.69 Å². The fraction of sp³-hybridized carbons (Fsp3) is 0.364. The summed E-state index contributed by atoms with van der Waals surface area (Å²) in [5, 5.41) is 13.2. The zero-order valence-corrected chi connectivity index (χ0v) is 16.4. The zero-order chi connectivity index (χ0) is 21.9. The number of hydrogen-bond donors (Lipinski definition) is 2. The highest BCUT2D eigenvalue weighted by Gasteiger charge is 2.52. The molecule has 1 aliphatic rings. The first kappa shape index (κ1) is 21.8. The molecule has 1 aliphatic heterocycles. The topological polar surface area (TPSA) is 69.6 Å². The van der Waals surface area contributed by atoms with Crippen molar-refractivity contribution in [2.45, 2.75) is 44.0 Å². The maximum Gasteiger partial charge on any atom is 0.416 e. The molecule has 8 heteroatoms. The van der Waals surface area contributed by atoms with E-state index in [2.05, 4.69) is 5.32 Å². The van der Waals surface area contributed by atoms with Crippen molar-refractivity contribution >= 4 is 11.9 Å². The molecule has 3 rings (SSSR count). The van der Waals surface area contributed by atoms with E-state index in [0.29, 0.717) is 18.4 Å². The quantitative estimate of drug-likeness (QED) is 0.654. The van der Waals surface area contributed by atoms with Gasteiger partial charge in [-0.05, 0) is 29.7 Å². The first-order valence-electron chi connectivity index (χ1n) is 9.74. The van der Waals surface area contributed by atoms with Crippen LogP contribution in [-0.2, 0) is 16.5 Å². The minimum absolute atomic E-state index is 0.0174. The highest BCUT2D eigenvalue weighted by molar-refractivity contribution is 6.07. The van der Waals surface area contributed by atoms with Crippen LogP contribution in [0.15, 0.2) is 54.6 Å². The normalized spacial score (nSPS) is 20.4. The second kappa shape index (κ2) is 8.47. The van der Waals surface area contributed by atoms with Gasteiger partial charge in [-0.2, -0.15) is 13.2 Å². The zero-order valence-electron chi connectivity index (χ0n) is 16.4. The largest absolute Gasteiger partial charge is 0.416 e. The summed E-state index contributed by atoms with van der Waals surface area (Å²) < 4.78 is 38.9. The number of β-amino-alcohol motifs (C(OH)–C–C–N with tert-alkyl or cyclic N) is 1. The van der Waals surface area contributed by atoms with Crippen molar-refractivity contribution in [3.8, 4) is 0 Å². The van der Waals surface area contributed by atoms with Gasteiger partial charge in [0.1, 0.15) is 5.54 Å². The monoisotopic (exact) mass is 420 g/mol. The van der Waals surface area contributed by atoms with E-state index in [9.17, 15) is 27.9 Å². The van der Waals surface area contributed by atoms with Crippen molar-refractivity contribution in [2.24, 2.45) is 0 Å². The molecule has 0 aliphatic carbocycles. The molecule has 30 heavy (non-hydrogen) atoms. The summed E-state index contributed by atoms with van der Waals surface area (Å²) in [4.78, 5) is 26.8. The summed E-state index contributed by atoms with van der Waals surface area (Å²) in [6, 6.07) is 12.4. The second-order valence-corrected chi connectivity index (χ2v) is 7.36. The number of amides is 3. The Balaban J connectivity index is 1.87. The van der Waals surface area contributed by atoms with Crippen molar-refractivity contribution < 1.29 is 27.9 Å². The Morgan fingerprint density at radius 1 is 1.10 bits per heavy atom. The van der Waals surface area contributed by atoms with Crippen LogP contribution in [0.5, 0.6) is 0 Å². The maximum absolute atomic E-state index is 13.3. The van der Waals surface area contributed by atoms with Crippen LogP contribution < -0.4 is 5.32 Å². The van der Waals surface area contributed by atoms with Crippen LogP contribution in [0, 0.1) is 0 Å². The van der Waals surface area contributed by atoms with Gasteiger partial charge in [0, 0.05) is 0 Å². The molecule has 160 valence electrons. The van der Waals surface area contributed by atoms with Crippen LogP contribution in [0.3, 0.4) is 0 Å². The number of nitrogens with one attached hydrogen (secondary N) is 1. The lowest BCUT2D eigenvalue weighted by molar-refractivity contribution is -0.138. The second-order valence-electron chi connectivity index (χ2n) is 7.36. The highest BCUT2D eigenvalue weighted by atomic mass is 19.4. The molecule has 0 aromatic heterocycles. The smallest absolute Gasteiger partial charge is 0.387 e. The van der Waals surface area contributed by atoms with Crippen molar-refractivity contribution in [3.63, 3.8) is 0 Å². The molecule has 5 nitrogen and oxygen atoms in total. The average Bonchev–Trinajstić information content (AvgIpc) is 2.97. The molecule has 0 bridgehead atoms. The molecule has 1 heterocycles. The Morgan fingerprint density at radius 3 is 2.43 bits per heavy atom. The van der Waals surface area contributed by atoms with Crippen molar-refractivity contribution in [1.29, 1.82) is 0 Å². The van der Waals surface area contributed by atoms with E-state index in [1.807, 2.05) is 6.92 Å². The lowest BCUT2D eigenvalue weighted by Crippen LogP contribution is -2.44. The van der Waals surface area contributed by atoms with E-state index in [1.165, 1.54) is 12.1 Å². The molecule has 3 amide bonds. The predicted octanol–water partition coefficient (Wildman–Crippen LogP) is 4.38. The van der Waals surface area contributed by atoms with E-state index in [-0.39, 0.29) is 5.56 Å². The molecule has 1 fully saturated rings. The molecule has 1 saturated heterocycles. The number of nitrogens with zero attached hydrogens (tertiary/aromatic N) is 1. The SMILES string of the molecule is CCCCC1(c2ccccc2)NC(=O)N(CC(O)c2cccc(C(F)(F)F)c2)C1=O. The number of urea groups is 1. The Hall–Kier alpha value is -2.87. The minimum atomic E-state index is -4.56. The number of carbonyl (C=O) groups excluding carboxylic acids is 2. The number of carbonyl (C=O) groups is 2. The lowest BCUT2D eigenvalue weighted by atomic mass is 9.85. The maximum atomic E-state index is 13.3. The number of unbranched alkanes of at least 4 members (excludes halogenated alkanes) is 1. The van der Waals surface area contributed by atoms with Crippen molar-refractivity contribution in [2.75, 3.05) is 6.54 Å². The van der Waals surface area contributed by atoms with Crippen molar-refractivity contribution in [3.05, 3.63) is 71.3 Å². The number of aliphatic hydroxyl groups is 1. The van der Waals surface area contributed by atoms with Gasteiger partial charge < -0.3 is 10.4 Å². The van der Waals surface area contributed by atoms with Gasteiger partial charge in [0.05, 0.1) is 18.2 Å². The van der Waals surface area contributed by atoms with Crippen molar-refractivity contribution in [1.82, 2.24) is 10.2 Å². The molecule has 0 radical (unpaired) electrons. The Labute approximate surface area is 172 Å². The molecule has 2 aromatic carbocycles. The number of imide groups is 1. The summed E-state index contributed by atoms with van der Waals surface area (Å²) in [5.41, 5.74) is -1.54. The standard InChI is InChI=1S/C22H23F3N2O3/c1-2-3-12-21(16-9-5-4-6-10-16)19(29)27(20(30)26-21)14-18(28)15-8-7-11-17(13-15)22(23,24)25/h4-11,13,18,28H,2-3,12,14H2,1H3,(H,26,30). The fourth-order valence-electron chi connectivity index (χ4n) is 3.67. The molecular formula is C22H23F3N2O3. The number of aliphatic hydroxyl groups excluding tert-OH is 1. The number of rotatable bonds is 7. The first-order valence-corrected chi connectivity index (χ1v) is 9.74. The number of benzene rings is 2. The third-order valence-corrected chi connectivity index (χ3v) is 5.30. The van der Waals surface area contributed by atoms with E-state index in [4.69, 9.17) is 0 Å². The van der Waals surface area contributed by atoms with Gasteiger partial charge in [-0.15, -0.1) is 0 Å². The van der Waals surface area contributed by atoms with Gasteiger partial charge in [0.15, 0.2) is 0 Å². The summed E-state index contributed by atoms with van der Waals surface area (Å²) in [6.45, 7) is 1.53. The number of alkyl halides is 3. The summed E-state index contributed by atoms with van der Waals surface area (Å²) in [7, 11) is 0. The van der Waals surface area contributed by atoms with E-state index < -0.39 is 41.9 Å². The summed E-state index contributed by atoms with van der Waals surface area (Å²) >= 11 is 0. The third-order valence-electron chi connectivity index (χ3n) is 5.30. The molecule has 2 atom stereocenters. The molecule has 0 saturated carbocycles. The van der Waals surface area contributed by atoms with Crippen LogP contribution in [0.25, 0.3) is 0 Å². The number of hydrogen-bond acceptors (Lipinski definition) is 3. The lowest BCUT2D eigenvalue weighted by Gasteiger charge is -2.27. The molecule has 2 aromatic rings. The van der Waals surface area contributed by atoms with Gasteiger partial charge >= 0.3 is 12.2 Å². The predicted molar refractivity (Wildman–Crippen MR) is 104 cm³/mol. The summed E-state index contributed by atoms with van der Waals surface area (Å²) in [6.07, 6.45) is -4.12. The van der Waals surface area contributed by atoms with Gasteiger partial charge in [-0.25, -0.2) is 4.79 Å². The fourth-order valence-corrected chi connectivity index (χ4v) is 3.67. The minimum Gasteiger partial charge on any atom is -0.387 e. The van der Waals surface area contributed by atoms with E-state index >= 15 is 0 Å². The van der Waals surface area contributed by atoms with Gasteiger partial charge in [0.25, 0.3) is 5.91 Å². The summed E-state index contributed by atoms with van der Waals surface area (Å²) in [5.74, 6) is -0.516. The Bertz CT molecular complexity index is 917. The Morgan fingerprint density at radius 2 is 1.80 bits per heavy atom. The van der Waals surface area contributed by atoms with Crippen LogP contribution in [-0.4, -0.2) is 28.5 Å². The van der Waals surface area contributed by atoms with Crippen LogP contribution in [0.4, 0.5) is 18.0 Å². The van der Waals surface area contributed by atoms with E-state index in [0.717, 1.165) is 23.5 Å². The van der Waals surface area contributed by atoms with E-state index in [1.54, 1.807) is 30.3 Å².